The van der Waals surface area contributed by atoms with E-state index in [1.54, 1.807) is 24.3 Å². The van der Waals surface area contributed by atoms with E-state index in [0.29, 0.717) is 6.54 Å². The lowest BCUT2D eigenvalue weighted by Crippen LogP contribution is -1.75. The summed E-state index contributed by atoms with van der Waals surface area (Å²) in [6.45, 7) is 0.313. The third-order valence-corrected chi connectivity index (χ3v) is 1.43. The van der Waals surface area contributed by atoms with E-state index < -0.39 is 0 Å². The van der Waals surface area contributed by atoms with Crippen molar-refractivity contribution in [2.24, 2.45) is 5.11 Å². The molecule has 1 aromatic rings. The van der Waals surface area contributed by atoms with E-state index in [-0.39, 0.29) is 5.82 Å². The van der Waals surface area contributed by atoms with Crippen molar-refractivity contribution in [2.75, 3.05) is 6.54 Å². The highest BCUT2D eigenvalue weighted by Gasteiger charge is 1.87. The molecule has 0 heterocycles. The summed E-state index contributed by atoms with van der Waals surface area (Å²) in [5, 5.41) is 3.32. The molecule has 0 N–H and O–H groups in total. The zero-order valence-electron chi connectivity index (χ0n) is 6.89. The Morgan fingerprint density at radius 3 is 2.69 bits per heavy atom. The summed E-state index contributed by atoms with van der Waals surface area (Å²) in [6.07, 6.45) is 3.49. The normalized spacial score (nSPS) is 9.92. The molecule has 3 nitrogen and oxygen atoms in total. The van der Waals surface area contributed by atoms with Gasteiger partial charge in [0.25, 0.3) is 0 Å². The molecule has 4 heteroatoms. The van der Waals surface area contributed by atoms with Crippen LogP contribution in [0.5, 0.6) is 0 Å². The van der Waals surface area contributed by atoms with Gasteiger partial charge in [-0.1, -0.05) is 29.4 Å². The van der Waals surface area contributed by atoms with E-state index >= 15 is 0 Å². The SMILES string of the molecule is [N-]=[N+]=NC/C=C/c1ccc(F)cc1. The quantitative estimate of drug-likeness (QED) is 0.387. The first-order valence-corrected chi connectivity index (χ1v) is 3.76. The van der Waals surface area contributed by atoms with Crippen LogP contribution in [0.3, 0.4) is 0 Å². The number of benzene rings is 1. The minimum atomic E-state index is -0.257. The Bertz CT molecular complexity index is 336. The molecule has 0 fully saturated rings. The second-order valence-corrected chi connectivity index (χ2v) is 2.37. The van der Waals surface area contributed by atoms with Gasteiger partial charge in [-0.2, -0.15) is 0 Å². The average Bonchev–Trinajstić information content (AvgIpc) is 2.15. The molecule has 0 aromatic heterocycles. The number of azide groups is 1. The molecule has 0 radical (unpaired) electrons. The van der Waals surface area contributed by atoms with E-state index in [0.717, 1.165) is 5.56 Å². The molecule has 13 heavy (non-hydrogen) atoms. The highest BCUT2D eigenvalue weighted by molar-refractivity contribution is 5.48. The molecule has 0 atom stereocenters. The van der Waals surface area contributed by atoms with Crippen LogP contribution in [0.25, 0.3) is 16.5 Å². The summed E-state index contributed by atoms with van der Waals surface area (Å²) < 4.78 is 12.4. The van der Waals surface area contributed by atoms with Crippen LogP contribution in [0, 0.1) is 5.82 Å². The van der Waals surface area contributed by atoms with Crippen LogP contribution in [-0.4, -0.2) is 6.54 Å². The predicted molar refractivity (Wildman–Crippen MR) is 49.4 cm³/mol. The van der Waals surface area contributed by atoms with Crippen LogP contribution >= 0.6 is 0 Å². The Morgan fingerprint density at radius 2 is 2.08 bits per heavy atom. The van der Waals surface area contributed by atoms with Gasteiger partial charge in [-0.15, -0.1) is 0 Å². The maximum Gasteiger partial charge on any atom is 0.123 e. The van der Waals surface area contributed by atoms with Gasteiger partial charge in [0.2, 0.25) is 0 Å². The Balaban J connectivity index is 2.58. The molecular formula is C9H8FN3. The lowest BCUT2D eigenvalue weighted by molar-refractivity contribution is 0.628. The molecule has 1 rings (SSSR count). The van der Waals surface area contributed by atoms with Crippen molar-refractivity contribution in [2.45, 2.75) is 0 Å². The fourth-order valence-corrected chi connectivity index (χ4v) is 0.846. The summed E-state index contributed by atoms with van der Waals surface area (Å²) in [6, 6.07) is 6.07. The van der Waals surface area contributed by atoms with E-state index in [4.69, 9.17) is 5.53 Å². The van der Waals surface area contributed by atoms with Crippen molar-refractivity contribution in [1.82, 2.24) is 0 Å². The smallest absolute Gasteiger partial charge is 0.123 e. The number of halogens is 1. The van der Waals surface area contributed by atoms with Crippen LogP contribution in [0.15, 0.2) is 35.5 Å². The molecule has 0 saturated heterocycles. The molecule has 0 unspecified atom stereocenters. The number of rotatable bonds is 3. The van der Waals surface area contributed by atoms with Crippen LogP contribution in [-0.2, 0) is 0 Å². The Hall–Kier alpha value is -1.80. The first-order valence-electron chi connectivity index (χ1n) is 3.76. The van der Waals surface area contributed by atoms with Gasteiger partial charge in [0.05, 0.1) is 0 Å². The lowest BCUT2D eigenvalue weighted by Gasteiger charge is -1.91. The first kappa shape index (κ1) is 9.29. The molecule has 1 aromatic carbocycles. The monoisotopic (exact) mass is 177 g/mol. The van der Waals surface area contributed by atoms with Gasteiger partial charge in [-0.3, -0.25) is 0 Å². The van der Waals surface area contributed by atoms with Gasteiger partial charge >= 0.3 is 0 Å². The van der Waals surface area contributed by atoms with Crippen molar-refractivity contribution >= 4 is 6.08 Å². The van der Waals surface area contributed by atoms with Gasteiger partial charge in [0, 0.05) is 11.5 Å². The maximum absolute atomic E-state index is 12.4. The summed E-state index contributed by atoms with van der Waals surface area (Å²) in [5.41, 5.74) is 8.86. The molecule has 0 aliphatic carbocycles. The molecule has 0 saturated carbocycles. The highest BCUT2D eigenvalue weighted by atomic mass is 19.1. The fraction of sp³-hybridized carbons (Fsp3) is 0.111. The minimum absolute atomic E-state index is 0.257. The molecule has 66 valence electrons. The fourth-order valence-electron chi connectivity index (χ4n) is 0.846. The van der Waals surface area contributed by atoms with E-state index in [2.05, 4.69) is 10.0 Å². The zero-order chi connectivity index (χ0) is 9.52. The van der Waals surface area contributed by atoms with Gasteiger partial charge in [-0.25, -0.2) is 4.39 Å². The van der Waals surface area contributed by atoms with Crippen molar-refractivity contribution in [3.05, 3.63) is 52.2 Å². The second kappa shape index (κ2) is 4.95. The summed E-state index contributed by atoms with van der Waals surface area (Å²) >= 11 is 0. The Morgan fingerprint density at radius 1 is 1.38 bits per heavy atom. The van der Waals surface area contributed by atoms with Crippen LogP contribution in [0.2, 0.25) is 0 Å². The largest absolute Gasteiger partial charge is 0.207 e. The second-order valence-electron chi connectivity index (χ2n) is 2.37. The average molecular weight is 177 g/mol. The number of nitrogens with zero attached hydrogens (tertiary/aromatic N) is 3. The van der Waals surface area contributed by atoms with Gasteiger partial charge in [0.15, 0.2) is 0 Å². The van der Waals surface area contributed by atoms with Gasteiger partial charge in [-0.05, 0) is 23.2 Å². The Labute approximate surface area is 75.1 Å². The highest BCUT2D eigenvalue weighted by Crippen LogP contribution is 2.04. The van der Waals surface area contributed by atoms with E-state index in [1.807, 2.05) is 0 Å². The number of hydrogen-bond acceptors (Lipinski definition) is 1. The van der Waals surface area contributed by atoms with E-state index in [1.165, 1.54) is 12.1 Å². The molecule has 0 amide bonds. The third kappa shape index (κ3) is 3.40. The lowest BCUT2D eigenvalue weighted by atomic mass is 10.2. The topological polar surface area (TPSA) is 48.8 Å². The minimum Gasteiger partial charge on any atom is -0.207 e. The molecule has 0 spiro atoms. The standard InChI is InChI=1S/C9H8FN3/c10-9-5-3-8(4-6-9)2-1-7-12-13-11/h1-6H,7H2/b2-1+. The number of hydrogen-bond donors (Lipinski definition) is 0. The van der Waals surface area contributed by atoms with Crippen molar-refractivity contribution in [3.63, 3.8) is 0 Å². The van der Waals surface area contributed by atoms with Crippen molar-refractivity contribution in [1.29, 1.82) is 0 Å². The molecule has 0 aliphatic heterocycles. The van der Waals surface area contributed by atoms with E-state index in [9.17, 15) is 4.39 Å². The van der Waals surface area contributed by atoms with Crippen LogP contribution in [0.4, 0.5) is 4.39 Å². The third-order valence-electron chi connectivity index (χ3n) is 1.43. The molecular weight excluding hydrogens is 169 g/mol. The molecule has 0 bridgehead atoms. The zero-order valence-corrected chi connectivity index (χ0v) is 6.89. The summed E-state index contributed by atoms with van der Waals surface area (Å²) in [5.74, 6) is -0.257. The van der Waals surface area contributed by atoms with Crippen LogP contribution < -0.4 is 0 Å². The van der Waals surface area contributed by atoms with Crippen molar-refractivity contribution in [3.8, 4) is 0 Å². The summed E-state index contributed by atoms with van der Waals surface area (Å²) in [4.78, 5) is 2.59. The Kier molecular flexibility index (Phi) is 3.54. The first-order chi connectivity index (χ1) is 6.33. The predicted octanol–water partition coefficient (Wildman–Crippen LogP) is 3.15. The summed E-state index contributed by atoms with van der Waals surface area (Å²) in [7, 11) is 0. The van der Waals surface area contributed by atoms with Crippen LogP contribution in [0.1, 0.15) is 5.56 Å². The van der Waals surface area contributed by atoms with Gasteiger partial charge < -0.3 is 0 Å². The van der Waals surface area contributed by atoms with Gasteiger partial charge in [0.1, 0.15) is 5.82 Å². The van der Waals surface area contributed by atoms with Crippen molar-refractivity contribution < 1.29 is 4.39 Å². The maximum atomic E-state index is 12.4. The molecule has 0 aliphatic rings.